The summed E-state index contributed by atoms with van der Waals surface area (Å²) < 4.78 is 9.32. The third-order valence-electron chi connectivity index (χ3n) is 6.15. The maximum Gasteiger partial charge on any atom is 0.332 e. The Morgan fingerprint density at radius 1 is 1.05 bits per heavy atom. The Morgan fingerprint density at radius 2 is 1.73 bits per heavy atom. The number of aromatic nitrogens is 4. The molecule has 0 aliphatic carbocycles. The first-order valence-electron chi connectivity index (χ1n) is 11.7. The number of hydrogen-bond acceptors (Lipinski definition) is 7. The third kappa shape index (κ3) is 5.41. The molecular weight excluding hydrogens is 478 g/mol. The fraction of sp³-hybridized carbons (Fsp3) is 0.308. The summed E-state index contributed by atoms with van der Waals surface area (Å²) in [7, 11) is 2.82. The van der Waals surface area contributed by atoms with Crippen molar-refractivity contribution in [2.75, 3.05) is 11.9 Å². The molecule has 0 amide bonds. The van der Waals surface area contributed by atoms with Gasteiger partial charge in [0.05, 0.1) is 6.54 Å². The van der Waals surface area contributed by atoms with Gasteiger partial charge >= 0.3 is 11.7 Å². The normalized spacial score (nSPS) is 12.9. The maximum atomic E-state index is 13.1. The molecular formula is C26H29N5O6. The standard InChI is InChI=1S/C26H29N5O6/c1-16-9-7-8-12-20(16)37-15-18(32)14-31-21-22(29(2)26(36)30(3)23(21)33)28-25(31)27-19(24(34)35)13-17-10-5-4-6-11-17/h4-12,18-19,32H,13-15H2,1-3H3,(H,27,28)(H,34,35). The molecule has 0 spiro atoms. The molecule has 194 valence electrons. The Hall–Kier alpha value is -4.38. The van der Waals surface area contributed by atoms with E-state index in [-0.39, 0.29) is 36.7 Å². The van der Waals surface area contributed by atoms with Gasteiger partial charge < -0.3 is 24.8 Å². The average molecular weight is 508 g/mol. The molecule has 4 rings (SSSR count). The summed E-state index contributed by atoms with van der Waals surface area (Å²) in [6, 6.07) is 15.4. The highest BCUT2D eigenvalue weighted by atomic mass is 16.5. The smallest absolute Gasteiger partial charge is 0.332 e. The summed E-state index contributed by atoms with van der Waals surface area (Å²) in [5.74, 6) is -0.457. The molecule has 0 bridgehead atoms. The number of aliphatic carboxylic acids is 1. The molecule has 0 saturated heterocycles. The summed E-state index contributed by atoms with van der Waals surface area (Å²) in [6.07, 6.45) is -0.924. The van der Waals surface area contributed by atoms with Gasteiger partial charge in [-0.1, -0.05) is 48.5 Å². The van der Waals surface area contributed by atoms with Crippen molar-refractivity contribution in [3.8, 4) is 5.75 Å². The number of aliphatic hydroxyl groups is 1. The molecule has 11 heteroatoms. The van der Waals surface area contributed by atoms with Gasteiger partial charge in [-0.25, -0.2) is 9.59 Å². The number of aliphatic hydroxyl groups excluding tert-OH is 1. The second-order valence-electron chi connectivity index (χ2n) is 8.88. The fourth-order valence-corrected chi connectivity index (χ4v) is 4.11. The van der Waals surface area contributed by atoms with Crippen LogP contribution in [0, 0.1) is 6.92 Å². The Bertz CT molecular complexity index is 1540. The number of carboxylic acids is 1. The van der Waals surface area contributed by atoms with Crippen molar-refractivity contribution in [1.29, 1.82) is 0 Å². The van der Waals surface area contributed by atoms with Crippen molar-refractivity contribution in [1.82, 2.24) is 18.7 Å². The molecule has 2 aromatic carbocycles. The number of aryl methyl sites for hydroxylation is 2. The van der Waals surface area contributed by atoms with Crippen LogP contribution in [0.25, 0.3) is 11.2 Å². The zero-order valence-corrected chi connectivity index (χ0v) is 20.8. The van der Waals surface area contributed by atoms with E-state index in [1.165, 1.54) is 23.2 Å². The zero-order valence-electron chi connectivity index (χ0n) is 20.8. The van der Waals surface area contributed by atoms with Crippen molar-refractivity contribution < 1.29 is 19.7 Å². The number of nitrogens with zero attached hydrogens (tertiary/aromatic N) is 4. The second kappa shape index (κ2) is 10.7. The van der Waals surface area contributed by atoms with Crippen LogP contribution in [0.5, 0.6) is 5.75 Å². The Balaban J connectivity index is 1.71. The quantitative estimate of drug-likeness (QED) is 0.292. The van der Waals surface area contributed by atoms with Crippen molar-refractivity contribution >= 4 is 23.1 Å². The zero-order chi connectivity index (χ0) is 26.7. The molecule has 2 aromatic heterocycles. The van der Waals surface area contributed by atoms with Crippen LogP contribution in [0.2, 0.25) is 0 Å². The van der Waals surface area contributed by atoms with E-state index in [4.69, 9.17) is 4.74 Å². The Morgan fingerprint density at radius 3 is 2.41 bits per heavy atom. The van der Waals surface area contributed by atoms with Crippen LogP contribution >= 0.6 is 0 Å². The lowest BCUT2D eigenvalue weighted by Crippen LogP contribution is -2.38. The maximum absolute atomic E-state index is 13.1. The first kappa shape index (κ1) is 25.7. The monoisotopic (exact) mass is 507 g/mol. The van der Waals surface area contributed by atoms with E-state index in [9.17, 15) is 24.6 Å². The van der Waals surface area contributed by atoms with Gasteiger partial charge in [-0.3, -0.25) is 13.9 Å². The summed E-state index contributed by atoms with van der Waals surface area (Å²) in [5, 5.41) is 23.6. The third-order valence-corrected chi connectivity index (χ3v) is 6.15. The number of fused-ring (bicyclic) bond motifs is 1. The topological polar surface area (TPSA) is 141 Å². The van der Waals surface area contributed by atoms with Gasteiger partial charge in [-0.15, -0.1) is 0 Å². The number of carboxylic acid groups (broad SMARTS) is 1. The van der Waals surface area contributed by atoms with Crippen LogP contribution in [0.1, 0.15) is 11.1 Å². The highest BCUT2D eigenvalue weighted by Crippen LogP contribution is 2.20. The summed E-state index contributed by atoms with van der Waals surface area (Å²) in [5.41, 5.74) is 0.647. The number of rotatable bonds is 10. The van der Waals surface area contributed by atoms with E-state index < -0.39 is 29.4 Å². The molecule has 0 radical (unpaired) electrons. The first-order valence-corrected chi connectivity index (χ1v) is 11.7. The largest absolute Gasteiger partial charge is 0.491 e. The highest BCUT2D eigenvalue weighted by Gasteiger charge is 2.25. The second-order valence-corrected chi connectivity index (χ2v) is 8.88. The SMILES string of the molecule is Cc1ccccc1OCC(O)Cn1c(NC(Cc2ccccc2)C(=O)O)nc2c1c(=O)n(C)c(=O)n2C. The van der Waals surface area contributed by atoms with E-state index in [1.807, 2.05) is 55.5 Å². The van der Waals surface area contributed by atoms with Crippen LogP contribution in [-0.2, 0) is 31.9 Å². The molecule has 2 atom stereocenters. The number of hydrogen-bond donors (Lipinski definition) is 3. The summed E-state index contributed by atoms with van der Waals surface area (Å²) in [6.45, 7) is 1.67. The number of ether oxygens (including phenoxy) is 1. The number of para-hydroxylation sites is 1. The van der Waals surface area contributed by atoms with Crippen LogP contribution < -0.4 is 21.3 Å². The molecule has 3 N–H and O–H groups in total. The minimum absolute atomic E-state index is 0.0478. The molecule has 0 saturated carbocycles. The van der Waals surface area contributed by atoms with Crippen molar-refractivity contribution in [2.24, 2.45) is 14.1 Å². The van der Waals surface area contributed by atoms with Gasteiger partial charge in [0.1, 0.15) is 24.5 Å². The lowest BCUT2D eigenvalue weighted by molar-refractivity contribution is -0.137. The van der Waals surface area contributed by atoms with Crippen LogP contribution in [-0.4, -0.2) is 53.6 Å². The van der Waals surface area contributed by atoms with E-state index >= 15 is 0 Å². The lowest BCUT2D eigenvalue weighted by Gasteiger charge is -2.19. The van der Waals surface area contributed by atoms with Crippen molar-refractivity contribution in [2.45, 2.75) is 32.0 Å². The van der Waals surface area contributed by atoms with Gasteiger partial charge in [-0.05, 0) is 24.1 Å². The number of carbonyl (C=O) groups is 1. The highest BCUT2D eigenvalue weighted by molar-refractivity contribution is 5.79. The van der Waals surface area contributed by atoms with E-state index in [0.29, 0.717) is 5.75 Å². The summed E-state index contributed by atoms with van der Waals surface area (Å²) in [4.78, 5) is 42.1. The number of anilines is 1. The van der Waals surface area contributed by atoms with E-state index in [2.05, 4.69) is 10.3 Å². The Labute approximate surface area is 212 Å². The molecule has 2 heterocycles. The van der Waals surface area contributed by atoms with Crippen LogP contribution in [0.15, 0.2) is 64.2 Å². The molecule has 0 aliphatic heterocycles. The lowest BCUT2D eigenvalue weighted by atomic mass is 10.1. The van der Waals surface area contributed by atoms with Crippen molar-refractivity contribution in [3.63, 3.8) is 0 Å². The predicted molar refractivity (Wildman–Crippen MR) is 138 cm³/mol. The predicted octanol–water partition coefficient (Wildman–Crippen LogP) is 1.29. The van der Waals surface area contributed by atoms with Gasteiger partial charge in [0.2, 0.25) is 5.95 Å². The van der Waals surface area contributed by atoms with Crippen LogP contribution in [0.4, 0.5) is 5.95 Å². The first-order chi connectivity index (χ1) is 17.7. The average Bonchev–Trinajstić information content (AvgIpc) is 3.23. The van der Waals surface area contributed by atoms with E-state index in [0.717, 1.165) is 15.7 Å². The number of imidazole rings is 1. The van der Waals surface area contributed by atoms with Gasteiger partial charge in [0, 0.05) is 20.5 Å². The molecule has 2 unspecified atom stereocenters. The summed E-state index contributed by atoms with van der Waals surface area (Å²) >= 11 is 0. The van der Waals surface area contributed by atoms with Crippen molar-refractivity contribution in [3.05, 3.63) is 86.6 Å². The van der Waals surface area contributed by atoms with E-state index in [1.54, 1.807) is 6.07 Å². The van der Waals surface area contributed by atoms with Crippen LogP contribution in [0.3, 0.4) is 0 Å². The van der Waals surface area contributed by atoms with Gasteiger partial charge in [-0.2, -0.15) is 4.98 Å². The molecule has 0 aliphatic rings. The minimum Gasteiger partial charge on any atom is -0.491 e. The molecule has 0 fully saturated rings. The molecule has 37 heavy (non-hydrogen) atoms. The van der Waals surface area contributed by atoms with Gasteiger partial charge in [0.25, 0.3) is 5.56 Å². The Kier molecular flexibility index (Phi) is 7.44. The minimum atomic E-state index is -1.12. The molecule has 4 aromatic rings. The fourth-order valence-electron chi connectivity index (χ4n) is 4.11. The molecule has 11 nitrogen and oxygen atoms in total. The number of benzene rings is 2. The van der Waals surface area contributed by atoms with Gasteiger partial charge in [0.15, 0.2) is 11.2 Å². The number of nitrogens with one attached hydrogen (secondary N) is 1.